The summed E-state index contributed by atoms with van der Waals surface area (Å²) in [5, 5.41) is 26.2. The van der Waals surface area contributed by atoms with Crippen LogP contribution in [0.2, 0.25) is 0 Å². The van der Waals surface area contributed by atoms with Crippen molar-refractivity contribution in [3.8, 4) is 11.5 Å². The fourth-order valence-corrected chi connectivity index (χ4v) is 1.47. The average molecular weight is 286 g/mol. The lowest BCUT2D eigenvalue weighted by molar-refractivity contribution is -0.0493. The van der Waals surface area contributed by atoms with Gasteiger partial charge < -0.3 is 19.9 Å². The minimum Gasteiger partial charge on any atom is -0.507 e. The molecule has 0 aliphatic rings. The molecule has 21 heavy (non-hydrogen) atoms. The molecular weight excluding hydrogens is 272 g/mol. The van der Waals surface area contributed by atoms with Crippen molar-refractivity contribution in [2.24, 2.45) is 10.3 Å². The second kappa shape index (κ2) is 7.54. The second-order valence-electron chi connectivity index (χ2n) is 3.96. The summed E-state index contributed by atoms with van der Waals surface area (Å²) in [5.74, 6) is 0.228. The van der Waals surface area contributed by atoms with Gasteiger partial charge in [0.2, 0.25) is 0 Å². The number of phenols is 2. The molecule has 0 spiro atoms. The molecule has 6 nitrogen and oxygen atoms in total. The summed E-state index contributed by atoms with van der Waals surface area (Å²) in [6.07, 6.45) is 2.73. The smallest absolute Gasteiger partial charge is 0.280 e. The van der Waals surface area contributed by atoms with Crippen molar-refractivity contribution in [3.63, 3.8) is 0 Å². The predicted molar refractivity (Wildman–Crippen MR) is 78.4 cm³/mol. The van der Waals surface area contributed by atoms with Crippen molar-refractivity contribution in [2.75, 3.05) is 6.79 Å². The SMILES string of the molecule is Oc1ccccc1/C=N\OCO/N=C\c1ccccc1O. The van der Waals surface area contributed by atoms with Gasteiger partial charge in [-0.1, -0.05) is 34.6 Å². The molecule has 0 fully saturated rings. The van der Waals surface area contributed by atoms with Gasteiger partial charge >= 0.3 is 0 Å². The lowest BCUT2D eigenvalue weighted by Crippen LogP contribution is -1.92. The Balaban J connectivity index is 1.73. The van der Waals surface area contributed by atoms with Crippen LogP contribution in [0.3, 0.4) is 0 Å². The molecule has 0 aromatic heterocycles. The first-order valence-corrected chi connectivity index (χ1v) is 6.14. The molecule has 0 amide bonds. The number of aromatic hydroxyl groups is 2. The largest absolute Gasteiger partial charge is 0.507 e. The van der Waals surface area contributed by atoms with Crippen LogP contribution in [-0.4, -0.2) is 29.4 Å². The van der Waals surface area contributed by atoms with Gasteiger partial charge in [-0.25, -0.2) is 0 Å². The van der Waals surface area contributed by atoms with Gasteiger partial charge in [0, 0.05) is 11.1 Å². The molecule has 0 heterocycles. The number of oxime groups is 2. The molecule has 0 aliphatic carbocycles. The molecule has 2 N–H and O–H groups in total. The number of para-hydroxylation sites is 2. The molecular formula is C15H14N2O4. The number of hydrogen-bond donors (Lipinski definition) is 2. The van der Waals surface area contributed by atoms with Crippen molar-refractivity contribution in [3.05, 3.63) is 59.7 Å². The van der Waals surface area contributed by atoms with Gasteiger partial charge in [-0.2, -0.15) is 0 Å². The molecule has 6 heteroatoms. The molecule has 2 aromatic rings. The lowest BCUT2D eigenvalue weighted by atomic mass is 10.2. The summed E-state index contributed by atoms with van der Waals surface area (Å²) >= 11 is 0. The fourth-order valence-electron chi connectivity index (χ4n) is 1.47. The quantitative estimate of drug-likeness (QED) is 0.370. The van der Waals surface area contributed by atoms with Crippen LogP contribution < -0.4 is 0 Å². The van der Waals surface area contributed by atoms with E-state index < -0.39 is 0 Å². The Morgan fingerprint density at radius 2 is 1.19 bits per heavy atom. The molecule has 108 valence electrons. The Morgan fingerprint density at radius 3 is 1.62 bits per heavy atom. The molecule has 0 unspecified atom stereocenters. The van der Waals surface area contributed by atoms with E-state index in [0.717, 1.165) is 0 Å². The van der Waals surface area contributed by atoms with Gasteiger partial charge in [0.15, 0.2) is 0 Å². The Kier molecular flexibility index (Phi) is 5.17. The zero-order valence-electron chi connectivity index (χ0n) is 11.1. The minimum atomic E-state index is -0.186. The van der Waals surface area contributed by atoms with Gasteiger partial charge in [0.25, 0.3) is 6.79 Å². The Labute approximate surface area is 121 Å². The van der Waals surface area contributed by atoms with Crippen molar-refractivity contribution in [2.45, 2.75) is 0 Å². The molecule has 2 rings (SSSR count). The molecule has 0 saturated carbocycles. The first-order valence-electron chi connectivity index (χ1n) is 6.14. The predicted octanol–water partition coefficient (Wildman–Crippen LogP) is 2.46. The number of phenolic OH excluding ortho intramolecular Hbond substituents is 2. The zero-order chi connectivity index (χ0) is 14.9. The maximum Gasteiger partial charge on any atom is 0.280 e. The van der Waals surface area contributed by atoms with E-state index in [9.17, 15) is 10.2 Å². The topological polar surface area (TPSA) is 83.6 Å². The van der Waals surface area contributed by atoms with Gasteiger partial charge in [0.1, 0.15) is 11.5 Å². The van der Waals surface area contributed by atoms with E-state index in [-0.39, 0.29) is 18.3 Å². The first-order chi connectivity index (χ1) is 10.3. The highest BCUT2D eigenvalue weighted by molar-refractivity contribution is 5.83. The van der Waals surface area contributed by atoms with E-state index in [1.54, 1.807) is 48.5 Å². The number of hydrogen-bond acceptors (Lipinski definition) is 6. The molecule has 0 atom stereocenters. The third kappa shape index (κ3) is 4.54. The van der Waals surface area contributed by atoms with Gasteiger partial charge in [-0.15, -0.1) is 0 Å². The zero-order valence-corrected chi connectivity index (χ0v) is 11.1. The van der Waals surface area contributed by atoms with Crippen molar-refractivity contribution < 1.29 is 19.9 Å². The van der Waals surface area contributed by atoms with E-state index >= 15 is 0 Å². The highest BCUT2D eigenvalue weighted by atomic mass is 16.8. The van der Waals surface area contributed by atoms with E-state index in [0.29, 0.717) is 11.1 Å². The highest BCUT2D eigenvalue weighted by Gasteiger charge is 1.95. The fraction of sp³-hybridized carbons (Fsp3) is 0.0667. The van der Waals surface area contributed by atoms with Crippen LogP contribution in [0.1, 0.15) is 11.1 Å². The van der Waals surface area contributed by atoms with Gasteiger partial charge in [0.05, 0.1) is 12.4 Å². The first kappa shape index (κ1) is 14.4. The lowest BCUT2D eigenvalue weighted by Gasteiger charge is -1.99. The number of benzene rings is 2. The van der Waals surface area contributed by atoms with Gasteiger partial charge in [-0.05, 0) is 24.3 Å². The molecule has 2 aromatic carbocycles. The monoisotopic (exact) mass is 286 g/mol. The van der Waals surface area contributed by atoms with Crippen LogP contribution in [0.5, 0.6) is 11.5 Å². The molecule has 0 radical (unpaired) electrons. The van der Waals surface area contributed by atoms with E-state index in [4.69, 9.17) is 9.68 Å². The van der Waals surface area contributed by atoms with Crippen LogP contribution in [0.25, 0.3) is 0 Å². The third-order valence-corrected chi connectivity index (χ3v) is 2.51. The summed E-state index contributed by atoms with van der Waals surface area (Å²) in [7, 11) is 0. The van der Waals surface area contributed by atoms with Crippen molar-refractivity contribution in [1.29, 1.82) is 0 Å². The normalized spacial score (nSPS) is 11.0. The maximum atomic E-state index is 9.48. The molecule has 0 bridgehead atoms. The minimum absolute atomic E-state index is 0.114. The standard InChI is InChI=1S/C15H14N2O4/c18-14-7-3-1-5-12(14)9-16-20-11-21-17-10-13-6-2-4-8-15(13)19/h1-10,18-19H,11H2/b16-9-,17-10-. The highest BCUT2D eigenvalue weighted by Crippen LogP contribution is 2.13. The third-order valence-electron chi connectivity index (χ3n) is 2.51. The summed E-state index contributed by atoms with van der Waals surface area (Å²) in [6, 6.07) is 13.5. The Hall–Kier alpha value is -3.02. The van der Waals surface area contributed by atoms with E-state index in [1.165, 1.54) is 12.4 Å². The summed E-state index contributed by atoms with van der Waals surface area (Å²) in [4.78, 5) is 9.64. The van der Waals surface area contributed by atoms with Crippen LogP contribution in [-0.2, 0) is 9.68 Å². The number of nitrogens with zero attached hydrogens (tertiary/aromatic N) is 2. The summed E-state index contributed by atoms with van der Waals surface area (Å²) in [5.41, 5.74) is 1.07. The van der Waals surface area contributed by atoms with E-state index in [1.807, 2.05) is 0 Å². The maximum absolute atomic E-state index is 9.48. The van der Waals surface area contributed by atoms with Crippen LogP contribution in [0, 0.1) is 0 Å². The number of rotatable bonds is 6. The summed E-state index contributed by atoms with van der Waals surface area (Å²) in [6.45, 7) is -0.186. The van der Waals surface area contributed by atoms with E-state index in [2.05, 4.69) is 10.3 Å². The summed E-state index contributed by atoms with van der Waals surface area (Å²) < 4.78 is 0. The Bertz CT molecular complexity index is 586. The van der Waals surface area contributed by atoms with Crippen LogP contribution in [0.15, 0.2) is 58.8 Å². The van der Waals surface area contributed by atoms with Crippen LogP contribution >= 0.6 is 0 Å². The van der Waals surface area contributed by atoms with Crippen molar-refractivity contribution >= 4 is 12.4 Å². The molecule has 0 saturated heterocycles. The molecule has 0 aliphatic heterocycles. The second-order valence-corrected chi connectivity index (χ2v) is 3.96. The van der Waals surface area contributed by atoms with Gasteiger partial charge in [-0.3, -0.25) is 0 Å². The average Bonchev–Trinajstić information content (AvgIpc) is 2.50. The Morgan fingerprint density at radius 1 is 0.762 bits per heavy atom. The van der Waals surface area contributed by atoms with Crippen molar-refractivity contribution in [1.82, 2.24) is 0 Å². The van der Waals surface area contributed by atoms with Crippen LogP contribution in [0.4, 0.5) is 0 Å².